The summed E-state index contributed by atoms with van der Waals surface area (Å²) in [5, 5.41) is 15.3. The van der Waals surface area contributed by atoms with Crippen molar-refractivity contribution in [3.05, 3.63) is 94.3 Å². The van der Waals surface area contributed by atoms with Gasteiger partial charge in [-0.25, -0.2) is 4.98 Å². The first-order valence-electron chi connectivity index (χ1n) is 20.0. The molecule has 4 amide bonds. The van der Waals surface area contributed by atoms with E-state index in [-0.39, 0.29) is 24.0 Å². The first-order valence-corrected chi connectivity index (χ1v) is 20.4. The number of aromatic nitrogens is 1. The quantitative estimate of drug-likeness (QED) is 0.279. The number of nitrogens with zero attached hydrogens (tertiary/aromatic N) is 6. The number of nitrogens with one attached hydrogen (secondary N) is 2. The topological polar surface area (TPSA) is 151 Å². The maximum absolute atomic E-state index is 13.4. The van der Waals surface area contributed by atoms with E-state index in [9.17, 15) is 19.2 Å². The molecule has 2 aromatic carbocycles. The van der Waals surface area contributed by atoms with Crippen LogP contribution in [0.2, 0.25) is 5.02 Å². The summed E-state index contributed by atoms with van der Waals surface area (Å²) in [5.41, 5.74) is 3.23. The highest BCUT2D eigenvalue weighted by Gasteiger charge is 2.44. The van der Waals surface area contributed by atoms with Gasteiger partial charge in [0.15, 0.2) is 0 Å². The largest absolute Gasteiger partial charge is 0.490 e. The summed E-state index contributed by atoms with van der Waals surface area (Å²) >= 11 is 6.15. The number of carbonyl (C=O) groups is 4. The van der Waals surface area contributed by atoms with Gasteiger partial charge in [0, 0.05) is 75.5 Å². The number of piperazine rings is 1. The van der Waals surface area contributed by atoms with Crippen molar-refractivity contribution in [2.24, 2.45) is 5.92 Å². The van der Waals surface area contributed by atoms with Crippen molar-refractivity contribution in [3.8, 4) is 11.8 Å². The molecule has 5 heterocycles. The number of pyridine rings is 1. The molecule has 0 radical (unpaired) electrons. The van der Waals surface area contributed by atoms with E-state index in [2.05, 4.69) is 43.0 Å². The molecule has 14 heteroatoms. The van der Waals surface area contributed by atoms with Gasteiger partial charge in [0.1, 0.15) is 23.7 Å². The van der Waals surface area contributed by atoms with Gasteiger partial charge in [-0.15, -0.1) is 0 Å². The molecule has 1 unspecified atom stereocenters. The number of hydrogen-bond acceptors (Lipinski definition) is 10. The van der Waals surface area contributed by atoms with E-state index in [1.807, 2.05) is 24.3 Å². The number of anilines is 2. The molecule has 3 saturated heterocycles. The lowest BCUT2D eigenvalue weighted by Gasteiger charge is -2.40. The van der Waals surface area contributed by atoms with Crippen LogP contribution in [0.25, 0.3) is 0 Å². The third kappa shape index (κ3) is 8.34. The van der Waals surface area contributed by atoms with Gasteiger partial charge in [0.05, 0.1) is 33.4 Å². The number of fused-ring (bicyclic) bond motifs is 1. The van der Waals surface area contributed by atoms with Crippen LogP contribution in [-0.4, -0.2) is 102 Å². The minimum Gasteiger partial charge on any atom is -0.490 e. The number of rotatable bonds is 9. The molecule has 1 aliphatic carbocycles. The van der Waals surface area contributed by atoms with Crippen molar-refractivity contribution >= 4 is 46.7 Å². The van der Waals surface area contributed by atoms with Gasteiger partial charge < -0.3 is 25.2 Å². The number of piperidine rings is 2. The molecule has 5 aliphatic rings. The first kappa shape index (κ1) is 38.4. The van der Waals surface area contributed by atoms with Crippen LogP contribution >= 0.6 is 11.6 Å². The van der Waals surface area contributed by atoms with E-state index in [0.717, 1.165) is 101 Å². The number of halogens is 1. The van der Waals surface area contributed by atoms with Crippen LogP contribution in [0.5, 0.6) is 5.75 Å². The van der Waals surface area contributed by atoms with E-state index < -0.39 is 17.9 Å². The van der Waals surface area contributed by atoms with Crippen LogP contribution in [0.3, 0.4) is 0 Å². The number of allylic oxidation sites excluding steroid dienone is 1. The van der Waals surface area contributed by atoms with Crippen molar-refractivity contribution in [2.45, 2.75) is 69.6 Å². The number of hydrogen-bond donors (Lipinski definition) is 2. The number of amides is 4. The van der Waals surface area contributed by atoms with Crippen LogP contribution in [0.4, 0.5) is 11.5 Å². The van der Waals surface area contributed by atoms with Gasteiger partial charge >= 0.3 is 0 Å². The first-order chi connectivity index (χ1) is 27.6. The Balaban J connectivity index is 0.753. The van der Waals surface area contributed by atoms with Crippen molar-refractivity contribution in [1.29, 1.82) is 5.26 Å². The van der Waals surface area contributed by atoms with Gasteiger partial charge in [-0.3, -0.25) is 29.0 Å². The standard InChI is InChI=1S/C43H47ClN8O5/c1-27-2-12-38(41(54)47-27)52-42(55)35-11-7-32(22-36(35)43(52)56)50-20-18-49(19-21-50)26-28-14-16-51(17-15-28)39-13-4-30(25-46-39)40(53)48-31-5-9-33(10-6-31)57-34-8-3-29(24-45)37(44)23-34/h3-4,7-8,11,13,22-23,25,28,31,33,38H,1-2,5-6,9-10,12,14-21,26H2,(H,47,54)(H,48,53)/t31-,33-,38?. The Morgan fingerprint density at radius 3 is 2.33 bits per heavy atom. The average molecular weight is 791 g/mol. The second-order valence-electron chi connectivity index (χ2n) is 15.8. The van der Waals surface area contributed by atoms with Gasteiger partial charge in [0.2, 0.25) is 5.91 Å². The van der Waals surface area contributed by atoms with Crippen molar-refractivity contribution in [1.82, 2.24) is 25.4 Å². The summed E-state index contributed by atoms with van der Waals surface area (Å²) in [4.78, 5) is 65.1. The minimum absolute atomic E-state index is 0.0387. The fourth-order valence-corrected chi connectivity index (χ4v) is 9.00. The number of carbonyl (C=O) groups excluding carboxylic acids is 4. The smallest absolute Gasteiger partial charge is 0.262 e. The maximum Gasteiger partial charge on any atom is 0.262 e. The normalized spacial score (nSPS) is 23.2. The molecule has 57 heavy (non-hydrogen) atoms. The average Bonchev–Trinajstić information content (AvgIpc) is 3.47. The highest BCUT2D eigenvalue weighted by Crippen LogP contribution is 2.33. The Kier molecular flexibility index (Phi) is 11.2. The molecule has 4 fully saturated rings. The maximum atomic E-state index is 13.4. The van der Waals surface area contributed by atoms with Crippen LogP contribution in [0.15, 0.2) is 67.0 Å². The fourth-order valence-electron chi connectivity index (χ4n) is 8.79. The molecule has 0 bridgehead atoms. The van der Waals surface area contributed by atoms with Gasteiger partial charge in [0.25, 0.3) is 17.7 Å². The molecule has 4 aliphatic heterocycles. The number of imide groups is 1. The van der Waals surface area contributed by atoms with E-state index >= 15 is 0 Å². The number of benzene rings is 2. The Hall–Kier alpha value is -5.45. The van der Waals surface area contributed by atoms with E-state index in [1.54, 1.807) is 30.5 Å². The monoisotopic (exact) mass is 790 g/mol. The van der Waals surface area contributed by atoms with Crippen molar-refractivity contribution < 1.29 is 23.9 Å². The lowest BCUT2D eigenvalue weighted by atomic mass is 9.92. The summed E-state index contributed by atoms with van der Waals surface area (Å²) in [7, 11) is 0. The molecule has 0 spiro atoms. The third-order valence-corrected chi connectivity index (χ3v) is 12.4. The molecular formula is C43H47ClN8O5. The molecule has 1 aromatic heterocycles. The van der Waals surface area contributed by atoms with Crippen molar-refractivity contribution in [2.75, 3.05) is 55.6 Å². The third-order valence-electron chi connectivity index (χ3n) is 12.1. The van der Waals surface area contributed by atoms with E-state index in [1.165, 1.54) is 0 Å². The molecule has 3 aromatic rings. The minimum atomic E-state index is -0.814. The number of ether oxygens (including phenoxy) is 1. The molecule has 2 N–H and O–H groups in total. The second kappa shape index (κ2) is 16.6. The number of nitriles is 1. The molecule has 8 rings (SSSR count). The Bertz CT molecular complexity index is 2100. The molecule has 296 valence electrons. The molecule has 1 atom stereocenters. The zero-order valence-electron chi connectivity index (χ0n) is 31.9. The van der Waals surface area contributed by atoms with Crippen LogP contribution in [0, 0.1) is 17.2 Å². The van der Waals surface area contributed by atoms with Crippen LogP contribution in [0.1, 0.15) is 88.0 Å². The SMILES string of the molecule is C=C1CCC(N2C(=O)c3ccc(N4CCN(CC5CCN(c6ccc(C(=O)N[C@H]7CC[C@H](Oc8ccc(C#N)c(Cl)c8)CC7)cn6)CC5)CC4)cc3C2=O)C(=O)N1. The Morgan fingerprint density at radius 2 is 1.65 bits per heavy atom. The lowest BCUT2D eigenvalue weighted by molar-refractivity contribution is -0.125. The van der Waals surface area contributed by atoms with Crippen LogP contribution in [-0.2, 0) is 4.79 Å². The highest BCUT2D eigenvalue weighted by atomic mass is 35.5. The van der Waals surface area contributed by atoms with Gasteiger partial charge in [-0.2, -0.15) is 5.26 Å². The second-order valence-corrected chi connectivity index (χ2v) is 16.2. The summed E-state index contributed by atoms with van der Waals surface area (Å²) in [6.45, 7) is 10.1. The zero-order chi connectivity index (χ0) is 39.6. The van der Waals surface area contributed by atoms with E-state index in [4.69, 9.17) is 21.6 Å². The summed E-state index contributed by atoms with van der Waals surface area (Å²) in [6.07, 6.45) is 8.04. The highest BCUT2D eigenvalue weighted by molar-refractivity contribution is 6.31. The predicted octanol–water partition coefficient (Wildman–Crippen LogP) is 5.15. The Labute approximate surface area is 337 Å². The summed E-state index contributed by atoms with van der Waals surface area (Å²) in [6, 6.07) is 15.7. The van der Waals surface area contributed by atoms with E-state index in [0.29, 0.717) is 57.5 Å². The Morgan fingerprint density at radius 1 is 0.895 bits per heavy atom. The van der Waals surface area contributed by atoms with Gasteiger partial charge in [-0.05, 0) is 99.7 Å². The van der Waals surface area contributed by atoms with Crippen LogP contribution < -0.4 is 25.2 Å². The molecule has 1 saturated carbocycles. The molecular weight excluding hydrogens is 744 g/mol. The summed E-state index contributed by atoms with van der Waals surface area (Å²) in [5.74, 6) is 0.847. The zero-order valence-corrected chi connectivity index (χ0v) is 32.7. The predicted molar refractivity (Wildman–Crippen MR) is 215 cm³/mol. The lowest BCUT2D eigenvalue weighted by Crippen LogP contribution is -2.51. The molecule has 13 nitrogen and oxygen atoms in total. The van der Waals surface area contributed by atoms with Gasteiger partial charge in [-0.1, -0.05) is 18.2 Å². The summed E-state index contributed by atoms with van der Waals surface area (Å²) < 4.78 is 6.09. The van der Waals surface area contributed by atoms with Crippen molar-refractivity contribution in [3.63, 3.8) is 0 Å². The fraction of sp³-hybridized carbons (Fsp3) is 0.442.